The summed E-state index contributed by atoms with van der Waals surface area (Å²) in [7, 11) is 0. The van der Waals surface area contributed by atoms with Gasteiger partial charge >= 0.3 is 0 Å². The fraction of sp³-hybridized carbons (Fsp3) is 0.545. The number of carbonyl (C=O) groups excluding carboxylic acids is 1. The van der Waals surface area contributed by atoms with Gasteiger partial charge in [-0.05, 0) is 56.6 Å². The summed E-state index contributed by atoms with van der Waals surface area (Å²) in [6, 6.07) is 4.98. The van der Waals surface area contributed by atoms with Crippen molar-refractivity contribution in [2.75, 3.05) is 0 Å². The van der Waals surface area contributed by atoms with E-state index in [1.54, 1.807) is 12.3 Å². The van der Waals surface area contributed by atoms with Crippen molar-refractivity contribution in [1.29, 1.82) is 0 Å². The van der Waals surface area contributed by atoms with Gasteiger partial charge in [0.05, 0.1) is 6.04 Å². The number of aromatic amines is 1. The average molecular weight is 369 g/mol. The minimum absolute atomic E-state index is 0.0175. The maximum atomic E-state index is 14.7. The van der Waals surface area contributed by atoms with Crippen LogP contribution in [-0.4, -0.2) is 15.9 Å². The third-order valence-electron chi connectivity index (χ3n) is 6.46. The van der Waals surface area contributed by atoms with Gasteiger partial charge in [0.1, 0.15) is 11.6 Å². The van der Waals surface area contributed by atoms with Gasteiger partial charge < -0.3 is 10.3 Å². The monoisotopic (exact) mass is 369 g/mol. The minimum atomic E-state index is -0.219. The van der Waals surface area contributed by atoms with Crippen LogP contribution in [-0.2, 0) is 4.79 Å². The number of nitrogens with one attached hydrogen (secondary N) is 2. The Morgan fingerprint density at radius 1 is 1.26 bits per heavy atom. The Balaban J connectivity index is 1.51. The highest BCUT2D eigenvalue weighted by Crippen LogP contribution is 2.40. The van der Waals surface area contributed by atoms with Crippen LogP contribution in [0.25, 0.3) is 0 Å². The van der Waals surface area contributed by atoms with Crippen LogP contribution in [0, 0.1) is 24.6 Å². The van der Waals surface area contributed by atoms with Gasteiger partial charge in [0, 0.05) is 29.8 Å². The fourth-order valence-electron chi connectivity index (χ4n) is 4.99. The molecule has 1 amide bonds. The number of amides is 1. The summed E-state index contributed by atoms with van der Waals surface area (Å²) >= 11 is 0. The quantitative estimate of drug-likeness (QED) is 0.796. The summed E-state index contributed by atoms with van der Waals surface area (Å²) in [6.45, 7) is 1.94. The van der Waals surface area contributed by atoms with E-state index in [4.69, 9.17) is 0 Å². The van der Waals surface area contributed by atoms with Crippen LogP contribution in [0.15, 0.2) is 30.6 Å². The molecule has 0 unspecified atom stereocenters. The number of aryl methyl sites for hydroxylation is 1. The number of nitrogens with zero attached hydrogens (tertiary/aromatic N) is 1. The summed E-state index contributed by atoms with van der Waals surface area (Å²) in [6.07, 6.45) is 10.7. The van der Waals surface area contributed by atoms with E-state index in [1.807, 2.05) is 19.2 Å². The third kappa shape index (κ3) is 3.78. The molecule has 4 rings (SSSR count). The zero-order valence-corrected chi connectivity index (χ0v) is 15.9. The first kappa shape index (κ1) is 18.2. The normalized spacial score (nSPS) is 24.2. The van der Waals surface area contributed by atoms with Gasteiger partial charge in [-0.25, -0.2) is 9.37 Å². The van der Waals surface area contributed by atoms with Crippen molar-refractivity contribution in [1.82, 2.24) is 15.3 Å². The second-order valence-corrected chi connectivity index (χ2v) is 8.18. The minimum Gasteiger partial charge on any atom is -0.349 e. The summed E-state index contributed by atoms with van der Waals surface area (Å²) in [5.41, 5.74) is 1.60. The molecule has 1 heterocycles. The van der Waals surface area contributed by atoms with Gasteiger partial charge in [-0.3, -0.25) is 4.79 Å². The molecule has 144 valence electrons. The lowest BCUT2D eigenvalue weighted by Gasteiger charge is -2.28. The highest BCUT2D eigenvalue weighted by atomic mass is 19.1. The SMILES string of the molecule is Cc1cccc(F)c1[C@@H](NC(=O)[C@H]1CC[C@@H](c2ncc[nH]2)C1)C1CCCC1. The van der Waals surface area contributed by atoms with E-state index in [1.165, 1.54) is 6.07 Å². The van der Waals surface area contributed by atoms with Crippen LogP contribution in [0.1, 0.15) is 73.9 Å². The van der Waals surface area contributed by atoms with Crippen LogP contribution < -0.4 is 5.32 Å². The van der Waals surface area contributed by atoms with Crippen LogP contribution in [0.4, 0.5) is 4.39 Å². The molecule has 2 aliphatic rings. The molecule has 1 aromatic carbocycles. The van der Waals surface area contributed by atoms with Gasteiger partial charge in [-0.2, -0.15) is 0 Å². The summed E-state index contributed by atoms with van der Waals surface area (Å²) in [5, 5.41) is 3.26. The van der Waals surface area contributed by atoms with Crippen molar-refractivity contribution >= 4 is 5.91 Å². The predicted molar refractivity (Wildman–Crippen MR) is 103 cm³/mol. The van der Waals surface area contributed by atoms with E-state index in [-0.39, 0.29) is 23.7 Å². The molecular weight excluding hydrogens is 341 g/mol. The van der Waals surface area contributed by atoms with Crippen molar-refractivity contribution in [2.45, 2.75) is 63.8 Å². The molecule has 0 bridgehead atoms. The maximum Gasteiger partial charge on any atom is 0.223 e. The van der Waals surface area contributed by atoms with Gasteiger partial charge in [-0.1, -0.05) is 25.0 Å². The molecule has 27 heavy (non-hydrogen) atoms. The molecule has 0 aliphatic heterocycles. The maximum absolute atomic E-state index is 14.7. The van der Waals surface area contributed by atoms with E-state index in [2.05, 4.69) is 15.3 Å². The number of hydrogen-bond donors (Lipinski definition) is 2. The molecule has 2 aromatic rings. The molecule has 4 nitrogen and oxygen atoms in total. The second-order valence-electron chi connectivity index (χ2n) is 8.18. The zero-order chi connectivity index (χ0) is 18.8. The lowest BCUT2D eigenvalue weighted by atomic mass is 9.88. The van der Waals surface area contributed by atoms with E-state index >= 15 is 0 Å². The molecule has 2 aliphatic carbocycles. The lowest BCUT2D eigenvalue weighted by molar-refractivity contribution is -0.126. The number of carbonyl (C=O) groups is 1. The number of aromatic nitrogens is 2. The van der Waals surface area contributed by atoms with Crippen molar-refractivity contribution < 1.29 is 9.18 Å². The standard InChI is InChI=1S/C22H28FN3O/c1-14-5-4-8-18(23)19(14)20(15-6-2-3-7-15)26-22(27)17-10-9-16(13-17)21-24-11-12-25-21/h4-5,8,11-12,15-17,20H,2-3,6-7,9-10,13H2,1H3,(H,24,25)(H,26,27)/t16-,17+,20+/m1/s1. The highest BCUT2D eigenvalue weighted by molar-refractivity contribution is 5.79. The molecule has 0 saturated heterocycles. The molecule has 5 heteroatoms. The Kier molecular flexibility index (Phi) is 5.28. The van der Waals surface area contributed by atoms with E-state index in [0.29, 0.717) is 17.4 Å². The first-order valence-electron chi connectivity index (χ1n) is 10.2. The lowest BCUT2D eigenvalue weighted by Crippen LogP contribution is -2.37. The molecule has 3 atom stereocenters. The highest BCUT2D eigenvalue weighted by Gasteiger charge is 2.36. The molecule has 0 spiro atoms. The van der Waals surface area contributed by atoms with Crippen LogP contribution >= 0.6 is 0 Å². The van der Waals surface area contributed by atoms with E-state index in [9.17, 15) is 9.18 Å². The summed E-state index contributed by atoms with van der Waals surface area (Å²) < 4.78 is 14.7. The second kappa shape index (κ2) is 7.83. The number of halogens is 1. The number of imidazole rings is 1. The number of benzene rings is 1. The zero-order valence-electron chi connectivity index (χ0n) is 15.9. The number of rotatable bonds is 5. The first-order valence-corrected chi connectivity index (χ1v) is 10.2. The largest absolute Gasteiger partial charge is 0.349 e. The molecule has 2 saturated carbocycles. The number of H-pyrrole nitrogens is 1. The van der Waals surface area contributed by atoms with Crippen molar-refractivity contribution in [3.8, 4) is 0 Å². The topological polar surface area (TPSA) is 57.8 Å². The Morgan fingerprint density at radius 2 is 2.07 bits per heavy atom. The summed E-state index contributed by atoms with van der Waals surface area (Å²) in [4.78, 5) is 20.6. The van der Waals surface area contributed by atoms with Gasteiger partial charge in [0.15, 0.2) is 0 Å². The Hall–Kier alpha value is -2.17. The molecule has 2 fully saturated rings. The molecular formula is C22H28FN3O. The van der Waals surface area contributed by atoms with Crippen molar-refractivity contribution in [3.63, 3.8) is 0 Å². The van der Waals surface area contributed by atoms with Crippen LogP contribution in [0.2, 0.25) is 0 Å². The third-order valence-corrected chi connectivity index (χ3v) is 6.46. The van der Waals surface area contributed by atoms with Crippen LogP contribution in [0.3, 0.4) is 0 Å². The molecule has 2 N–H and O–H groups in total. The van der Waals surface area contributed by atoms with E-state index < -0.39 is 0 Å². The summed E-state index contributed by atoms with van der Waals surface area (Å²) in [5.74, 6) is 1.47. The molecule has 1 aromatic heterocycles. The Bertz CT molecular complexity index is 763. The van der Waals surface area contributed by atoms with Gasteiger partial charge in [-0.15, -0.1) is 0 Å². The van der Waals surface area contributed by atoms with Crippen LogP contribution in [0.5, 0.6) is 0 Å². The smallest absolute Gasteiger partial charge is 0.223 e. The van der Waals surface area contributed by atoms with Crippen molar-refractivity contribution in [2.24, 2.45) is 11.8 Å². The fourth-order valence-corrected chi connectivity index (χ4v) is 4.99. The Morgan fingerprint density at radius 3 is 2.78 bits per heavy atom. The van der Waals surface area contributed by atoms with Crippen molar-refractivity contribution in [3.05, 3.63) is 53.4 Å². The Labute approximate surface area is 160 Å². The predicted octanol–water partition coefficient (Wildman–Crippen LogP) is 4.79. The van der Waals surface area contributed by atoms with Gasteiger partial charge in [0.2, 0.25) is 5.91 Å². The van der Waals surface area contributed by atoms with E-state index in [0.717, 1.165) is 56.3 Å². The first-order chi connectivity index (χ1) is 13.1. The molecule has 0 radical (unpaired) electrons. The average Bonchev–Trinajstić information content (AvgIpc) is 3.42. The number of hydrogen-bond acceptors (Lipinski definition) is 2. The van der Waals surface area contributed by atoms with Gasteiger partial charge in [0.25, 0.3) is 0 Å².